The van der Waals surface area contributed by atoms with Crippen LogP contribution in [0.15, 0.2) is 59.6 Å². The van der Waals surface area contributed by atoms with E-state index in [1.54, 1.807) is 7.05 Å². The number of benzene rings is 2. The van der Waals surface area contributed by atoms with E-state index in [9.17, 15) is 9.59 Å². The number of likely N-dealkylation sites (N-methyl/N-ethyl adjacent to an activating group) is 1. The summed E-state index contributed by atoms with van der Waals surface area (Å²) in [5.74, 6) is 1.22. The maximum atomic E-state index is 13.6. The Labute approximate surface area is 204 Å². The maximum Gasteiger partial charge on any atom is 0.397 e. The van der Waals surface area contributed by atoms with Crippen molar-refractivity contribution in [2.75, 3.05) is 31.6 Å². The average Bonchev–Trinajstić information content (AvgIpc) is 3.21. The molecule has 0 bridgehead atoms. The molecule has 0 aliphatic carbocycles. The number of guanidine groups is 1. The normalized spacial score (nSPS) is 22.5. The molecule has 3 aliphatic rings. The Morgan fingerprint density at radius 2 is 1.91 bits per heavy atom. The van der Waals surface area contributed by atoms with Crippen molar-refractivity contribution < 1.29 is 14.2 Å². The van der Waals surface area contributed by atoms with E-state index < -0.39 is 6.04 Å². The fourth-order valence-electron chi connectivity index (χ4n) is 4.82. The van der Waals surface area contributed by atoms with Crippen molar-refractivity contribution >= 4 is 47.1 Å². The van der Waals surface area contributed by atoms with Gasteiger partial charge in [0.1, 0.15) is 5.69 Å². The van der Waals surface area contributed by atoms with Gasteiger partial charge in [-0.15, -0.1) is 0 Å². The molecule has 0 spiro atoms. The monoisotopic (exact) mass is 476 g/mol. The highest BCUT2D eigenvalue weighted by molar-refractivity contribution is 6.32. The van der Waals surface area contributed by atoms with Crippen LogP contribution in [-0.2, 0) is 4.79 Å². The highest BCUT2D eigenvalue weighted by Gasteiger charge is 2.55. The molecule has 2 atom stereocenters. The molecule has 3 aliphatic heterocycles. The van der Waals surface area contributed by atoms with Gasteiger partial charge in [0.25, 0.3) is 5.91 Å². The molecule has 2 aromatic rings. The Kier molecular flexibility index (Phi) is 5.73. The molecule has 3 amide bonds. The molecule has 0 N–H and O–H groups in total. The van der Waals surface area contributed by atoms with Gasteiger partial charge in [-0.3, -0.25) is 14.6 Å². The molecule has 1 fully saturated rings. The molecule has 1 saturated heterocycles. The lowest BCUT2D eigenvalue weighted by atomic mass is 10.1. The summed E-state index contributed by atoms with van der Waals surface area (Å²) in [4.78, 5) is 36.4. The minimum atomic E-state index is -0.618. The molecular weight excluding hydrogens is 450 g/mol. The lowest BCUT2D eigenvalue weighted by molar-refractivity contribution is -0.545. The van der Waals surface area contributed by atoms with Gasteiger partial charge >= 0.3 is 12.0 Å². The van der Waals surface area contributed by atoms with Gasteiger partial charge in [0.15, 0.2) is 0 Å². The second-order valence-electron chi connectivity index (χ2n) is 9.03. The third kappa shape index (κ3) is 3.70. The SMILES string of the molecule is Cc1c(Cl)cccc1N1CC(C)C[N+]2=C1N=C1C2C(=O)N(C/C=C/c2ccccc2)C(=O)N1C. The number of amidine groups is 1. The Morgan fingerprint density at radius 1 is 1.15 bits per heavy atom. The summed E-state index contributed by atoms with van der Waals surface area (Å²) >= 11 is 6.41. The summed E-state index contributed by atoms with van der Waals surface area (Å²) < 4.78 is 2.03. The summed E-state index contributed by atoms with van der Waals surface area (Å²) in [5.41, 5.74) is 2.94. The van der Waals surface area contributed by atoms with Crippen LogP contribution in [0.1, 0.15) is 18.1 Å². The fourth-order valence-corrected chi connectivity index (χ4v) is 4.99. The molecule has 0 aromatic heterocycles. The average molecular weight is 477 g/mol. The smallest absolute Gasteiger partial charge is 0.270 e. The molecule has 8 heteroatoms. The van der Waals surface area contributed by atoms with Gasteiger partial charge in [0.2, 0.25) is 11.9 Å². The minimum absolute atomic E-state index is 0.205. The van der Waals surface area contributed by atoms with E-state index in [0.717, 1.165) is 23.4 Å². The maximum absolute atomic E-state index is 13.6. The molecule has 2 unspecified atom stereocenters. The Morgan fingerprint density at radius 3 is 2.68 bits per heavy atom. The van der Waals surface area contributed by atoms with E-state index in [0.29, 0.717) is 29.3 Å². The Bertz CT molecular complexity index is 1250. The van der Waals surface area contributed by atoms with Crippen molar-refractivity contribution in [3.05, 3.63) is 70.8 Å². The number of hydrogen-bond donors (Lipinski definition) is 0. The van der Waals surface area contributed by atoms with Crippen LogP contribution in [0.5, 0.6) is 0 Å². The van der Waals surface area contributed by atoms with Crippen molar-refractivity contribution in [1.82, 2.24) is 9.80 Å². The first kappa shape index (κ1) is 22.3. The second-order valence-corrected chi connectivity index (χ2v) is 9.44. The summed E-state index contributed by atoms with van der Waals surface area (Å²) in [5, 5.41) is 0.686. The van der Waals surface area contributed by atoms with Crippen molar-refractivity contribution in [2.45, 2.75) is 19.9 Å². The predicted octanol–water partition coefficient (Wildman–Crippen LogP) is 3.86. The lowest BCUT2D eigenvalue weighted by Crippen LogP contribution is -2.63. The van der Waals surface area contributed by atoms with Crippen molar-refractivity contribution in [2.24, 2.45) is 10.9 Å². The first-order valence-electron chi connectivity index (χ1n) is 11.4. The number of imide groups is 1. The number of rotatable bonds is 4. The predicted molar refractivity (Wildman–Crippen MR) is 134 cm³/mol. The van der Waals surface area contributed by atoms with Crippen molar-refractivity contribution in [3.63, 3.8) is 0 Å². The molecule has 0 radical (unpaired) electrons. The quantitative estimate of drug-likeness (QED) is 0.629. The van der Waals surface area contributed by atoms with Crippen LogP contribution in [-0.4, -0.2) is 70.8 Å². The summed E-state index contributed by atoms with van der Waals surface area (Å²) in [6, 6.07) is 14.6. The zero-order valence-electron chi connectivity index (χ0n) is 19.5. The molecule has 7 nitrogen and oxygen atoms in total. The number of anilines is 1. The van der Waals surface area contributed by atoms with Gasteiger partial charge in [-0.1, -0.05) is 72.1 Å². The van der Waals surface area contributed by atoms with Gasteiger partial charge < -0.3 is 0 Å². The van der Waals surface area contributed by atoms with Crippen molar-refractivity contribution in [1.29, 1.82) is 0 Å². The zero-order valence-corrected chi connectivity index (χ0v) is 20.2. The Balaban J connectivity index is 1.48. The van der Waals surface area contributed by atoms with E-state index in [1.165, 1.54) is 9.80 Å². The fraction of sp³-hybridized carbons (Fsp3) is 0.308. The number of amides is 3. The van der Waals surface area contributed by atoms with E-state index in [2.05, 4.69) is 11.8 Å². The topological polar surface area (TPSA) is 59.2 Å². The van der Waals surface area contributed by atoms with E-state index in [-0.39, 0.29) is 18.5 Å². The van der Waals surface area contributed by atoms with E-state index >= 15 is 0 Å². The standard InChI is InChI=1S/C26H27ClN5O2/c1-17-15-31(21-13-7-12-20(27)18(21)2)25-28-23-22(32(25)16-17)24(33)30(26(34)29(23)3)14-8-11-19-9-5-4-6-10-19/h4-13,17,22H,14-16H2,1-3H3/q+1/b11-8+. The van der Waals surface area contributed by atoms with Crippen LogP contribution in [0.25, 0.3) is 6.08 Å². The first-order valence-corrected chi connectivity index (χ1v) is 11.8. The number of fused-ring (bicyclic) bond motifs is 2. The second kappa shape index (κ2) is 8.72. The summed E-state index contributed by atoms with van der Waals surface area (Å²) in [7, 11) is 1.69. The number of carbonyl (C=O) groups excluding carboxylic acids is 2. The third-order valence-corrected chi connectivity index (χ3v) is 6.97. The largest absolute Gasteiger partial charge is 0.397 e. The van der Waals surface area contributed by atoms with Gasteiger partial charge in [0, 0.05) is 30.1 Å². The van der Waals surface area contributed by atoms with Gasteiger partial charge in [-0.05, 0) is 24.6 Å². The number of halogens is 1. The number of hydrogen-bond acceptors (Lipinski definition) is 4. The molecule has 5 rings (SSSR count). The number of nitrogens with zero attached hydrogens (tertiary/aromatic N) is 5. The molecule has 174 valence electrons. The van der Waals surface area contributed by atoms with E-state index in [1.807, 2.05) is 72.2 Å². The van der Waals surface area contributed by atoms with Crippen LogP contribution < -0.4 is 4.90 Å². The molecule has 34 heavy (non-hydrogen) atoms. The summed E-state index contributed by atoms with van der Waals surface area (Å²) in [6.45, 7) is 5.79. The molecule has 0 saturated carbocycles. The lowest BCUT2D eigenvalue weighted by Gasteiger charge is -2.35. The van der Waals surface area contributed by atoms with Crippen LogP contribution in [0.4, 0.5) is 10.5 Å². The number of aliphatic imine (C=N–C) groups is 1. The molecule has 3 heterocycles. The van der Waals surface area contributed by atoms with Crippen LogP contribution in [0, 0.1) is 12.8 Å². The first-order chi connectivity index (χ1) is 16.4. The third-order valence-electron chi connectivity index (χ3n) is 6.56. The van der Waals surface area contributed by atoms with Gasteiger partial charge in [-0.25, -0.2) is 14.3 Å². The molecule has 2 aromatic carbocycles. The van der Waals surface area contributed by atoms with Crippen LogP contribution >= 0.6 is 11.6 Å². The number of carbonyl (C=O) groups is 2. The molecular formula is C26H27ClN5O2+. The van der Waals surface area contributed by atoms with Gasteiger partial charge in [0.05, 0.1) is 13.1 Å². The Hall–Kier alpha value is -3.45. The summed E-state index contributed by atoms with van der Waals surface area (Å²) in [6.07, 6.45) is 3.77. The highest BCUT2D eigenvalue weighted by atomic mass is 35.5. The minimum Gasteiger partial charge on any atom is -0.270 e. The van der Waals surface area contributed by atoms with Gasteiger partial charge in [-0.2, -0.15) is 0 Å². The van der Waals surface area contributed by atoms with Crippen LogP contribution in [0.2, 0.25) is 5.02 Å². The van der Waals surface area contributed by atoms with Crippen LogP contribution in [0.3, 0.4) is 0 Å². The highest BCUT2D eigenvalue weighted by Crippen LogP contribution is 2.32. The zero-order chi connectivity index (χ0) is 24.0. The van der Waals surface area contributed by atoms with E-state index in [4.69, 9.17) is 16.6 Å². The van der Waals surface area contributed by atoms with Crippen molar-refractivity contribution in [3.8, 4) is 0 Å². The number of urea groups is 1.